The van der Waals surface area contributed by atoms with Gasteiger partial charge in [0, 0.05) is 0 Å². The second-order valence-electron chi connectivity index (χ2n) is 6.27. The van der Waals surface area contributed by atoms with Gasteiger partial charge in [-0.2, -0.15) is 0 Å². The van der Waals surface area contributed by atoms with Gasteiger partial charge in [0.05, 0.1) is 35.0 Å². The van der Waals surface area contributed by atoms with E-state index in [2.05, 4.69) is 9.97 Å². The summed E-state index contributed by atoms with van der Waals surface area (Å²) in [6.45, 7) is 7.82. The Morgan fingerprint density at radius 1 is 0.682 bits per heavy atom. The predicted octanol–water partition coefficient (Wildman–Crippen LogP) is 3.52. The average molecular weight is 300 g/mol. The molecule has 0 aliphatic carbocycles. The molecule has 0 aromatic carbocycles. The predicted molar refractivity (Wildman–Crippen MR) is 87.1 cm³/mol. The molecular weight excluding hydrogens is 276 g/mol. The molecule has 118 valence electrons. The van der Waals surface area contributed by atoms with Gasteiger partial charge in [-0.3, -0.25) is 0 Å². The van der Waals surface area contributed by atoms with Gasteiger partial charge in [0.25, 0.3) is 0 Å². The van der Waals surface area contributed by atoms with Crippen LogP contribution in [0.5, 0.6) is 0 Å². The van der Waals surface area contributed by atoms with Crippen LogP contribution in [0.4, 0.5) is 0 Å². The van der Waals surface area contributed by atoms with E-state index in [0.29, 0.717) is 22.8 Å². The van der Waals surface area contributed by atoms with Crippen molar-refractivity contribution in [2.24, 2.45) is 11.8 Å². The van der Waals surface area contributed by atoms with Gasteiger partial charge in [0.2, 0.25) is 0 Å². The highest BCUT2D eigenvalue weighted by atomic mass is 16.3. The molecule has 0 spiro atoms. The Kier molecular flexibility index (Phi) is 5.27. The summed E-state index contributed by atoms with van der Waals surface area (Å²) in [5, 5.41) is 20.3. The molecule has 2 atom stereocenters. The van der Waals surface area contributed by atoms with Gasteiger partial charge >= 0.3 is 0 Å². The van der Waals surface area contributed by atoms with Crippen LogP contribution in [0, 0.1) is 11.8 Å². The van der Waals surface area contributed by atoms with Crippen LogP contribution in [-0.4, -0.2) is 20.2 Å². The van der Waals surface area contributed by atoms with Crippen molar-refractivity contribution in [1.29, 1.82) is 0 Å². The van der Waals surface area contributed by atoms with E-state index >= 15 is 0 Å². The molecular formula is C18H24N2O2. The molecule has 0 unspecified atom stereocenters. The number of hydrogen-bond acceptors (Lipinski definition) is 4. The topological polar surface area (TPSA) is 66.2 Å². The summed E-state index contributed by atoms with van der Waals surface area (Å²) in [4.78, 5) is 9.03. The first-order valence-corrected chi connectivity index (χ1v) is 7.70. The Morgan fingerprint density at radius 2 is 1.05 bits per heavy atom. The summed E-state index contributed by atoms with van der Waals surface area (Å²) in [5.41, 5.74) is 2.69. The first-order valence-electron chi connectivity index (χ1n) is 7.70. The third kappa shape index (κ3) is 3.70. The lowest BCUT2D eigenvalue weighted by molar-refractivity contribution is 0.122. The van der Waals surface area contributed by atoms with E-state index in [9.17, 15) is 10.2 Å². The highest BCUT2D eigenvalue weighted by Gasteiger charge is 2.16. The zero-order valence-electron chi connectivity index (χ0n) is 13.6. The minimum Gasteiger partial charge on any atom is -0.387 e. The summed E-state index contributed by atoms with van der Waals surface area (Å²) in [6.07, 6.45) is -1.19. The standard InChI is InChI=1S/C18H24N2O2/c1-11(2)17(21)15-9-5-7-13(19-15)14-8-6-10-16(20-14)18(22)12(3)4/h5-12,17-18,21-22H,1-4H3/t17-,18-/m1/s1. The minimum atomic E-state index is -0.593. The largest absolute Gasteiger partial charge is 0.387 e. The Hall–Kier alpha value is -1.78. The number of aliphatic hydroxyl groups is 2. The van der Waals surface area contributed by atoms with Gasteiger partial charge < -0.3 is 10.2 Å². The van der Waals surface area contributed by atoms with Crippen LogP contribution in [0.2, 0.25) is 0 Å². The maximum Gasteiger partial charge on any atom is 0.0982 e. The van der Waals surface area contributed by atoms with Gasteiger partial charge in [-0.05, 0) is 36.1 Å². The van der Waals surface area contributed by atoms with E-state index in [-0.39, 0.29) is 11.8 Å². The maximum absolute atomic E-state index is 10.2. The third-order valence-corrected chi connectivity index (χ3v) is 3.67. The number of pyridine rings is 2. The Bertz CT molecular complexity index is 570. The minimum absolute atomic E-state index is 0.102. The van der Waals surface area contributed by atoms with Crippen LogP contribution in [0.1, 0.15) is 51.3 Å². The molecule has 2 N–H and O–H groups in total. The van der Waals surface area contributed by atoms with Crippen molar-refractivity contribution < 1.29 is 10.2 Å². The number of rotatable bonds is 5. The fourth-order valence-electron chi connectivity index (χ4n) is 2.20. The SMILES string of the molecule is CC(C)[C@@H](O)c1cccc(-c2cccc([C@H](O)C(C)C)n2)n1. The van der Waals surface area contributed by atoms with Crippen LogP contribution in [0.3, 0.4) is 0 Å². The molecule has 0 saturated carbocycles. The van der Waals surface area contributed by atoms with Gasteiger partial charge in [-0.15, -0.1) is 0 Å². The zero-order chi connectivity index (χ0) is 16.3. The maximum atomic E-state index is 10.2. The van der Waals surface area contributed by atoms with Gasteiger partial charge in [-0.25, -0.2) is 9.97 Å². The number of nitrogens with zero attached hydrogens (tertiary/aromatic N) is 2. The van der Waals surface area contributed by atoms with Crippen LogP contribution in [0.15, 0.2) is 36.4 Å². The molecule has 0 fully saturated rings. The van der Waals surface area contributed by atoms with E-state index in [1.807, 2.05) is 64.1 Å². The molecule has 4 heteroatoms. The summed E-state index contributed by atoms with van der Waals surface area (Å²) < 4.78 is 0. The van der Waals surface area contributed by atoms with E-state index in [1.54, 1.807) is 0 Å². The lowest BCUT2D eigenvalue weighted by Gasteiger charge is -2.16. The van der Waals surface area contributed by atoms with Crippen LogP contribution < -0.4 is 0 Å². The number of aliphatic hydroxyl groups excluding tert-OH is 2. The molecule has 2 aromatic rings. The first kappa shape index (κ1) is 16.6. The Labute approximate surface area is 131 Å². The molecule has 0 bridgehead atoms. The van der Waals surface area contributed by atoms with Crippen molar-refractivity contribution in [2.75, 3.05) is 0 Å². The Morgan fingerprint density at radius 3 is 1.36 bits per heavy atom. The molecule has 0 saturated heterocycles. The summed E-state index contributed by atoms with van der Waals surface area (Å²) in [7, 11) is 0. The lowest BCUT2D eigenvalue weighted by Crippen LogP contribution is -2.09. The Balaban J connectivity index is 2.36. The number of hydrogen-bond donors (Lipinski definition) is 2. The van der Waals surface area contributed by atoms with Crippen LogP contribution >= 0.6 is 0 Å². The quantitative estimate of drug-likeness (QED) is 0.886. The monoisotopic (exact) mass is 300 g/mol. The second-order valence-corrected chi connectivity index (χ2v) is 6.27. The lowest BCUT2D eigenvalue weighted by atomic mass is 10.0. The van der Waals surface area contributed by atoms with Crippen molar-refractivity contribution in [3.63, 3.8) is 0 Å². The van der Waals surface area contributed by atoms with Crippen molar-refractivity contribution in [3.8, 4) is 11.4 Å². The molecule has 4 nitrogen and oxygen atoms in total. The summed E-state index contributed by atoms with van der Waals surface area (Å²) >= 11 is 0. The normalized spacial score (nSPS) is 14.4. The molecule has 2 heterocycles. The van der Waals surface area contributed by atoms with Gasteiger partial charge in [0.1, 0.15) is 0 Å². The van der Waals surface area contributed by atoms with Crippen molar-refractivity contribution in [2.45, 2.75) is 39.9 Å². The van der Waals surface area contributed by atoms with E-state index in [1.165, 1.54) is 0 Å². The number of aromatic nitrogens is 2. The van der Waals surface area contributed by atoms with E-state index in [4.69, 9.17) is 0 Å². The molecule has 22 heavy (non-hydrogen) atoms. The molecule has 0 amide bonds. The van der Waals surface area contributed by atoms with Crippen molar-refractivity contribution in [1.82, 2.24) is 9.97 Å². The van der Waals surface area contributed by atoms with Crippen molar-refractivity contribution >= 4 is 0 Å². The van der Waals surface area contributed by atoms with Gasteiger partial charge in [0.15, 0.2) is 0 Å². The highest BCUT2D eigenvalue weighted by molar-refractivity contribution is 5.54. The molecule has 2 rings (SSSR count). The smallest absolute Gasteiger partial charge is 0.0982 e. The molecule has 2 aromatic heterocycles. The third-order valence-electron chi connectivity index (χ3n) is 3.67. The van der Waals surface area contributed by atoms with Gasteiger partial charge in [-0.1, -0.05) is 39.8 Å². The summed E-state index contributed by atoms with van der Waals surface area (Å²) in [6, 6.07) is 11.1. The van der Waals surface area contributed by atoms with E-state index in [0.717, 1.165) is 0 Å². The second kappa shape index (κ2) is 6.99. The van der Waals surface area contributed by atoms with E-state index < -0.39 is 12.2 Å². The highest BCUT2D eigenvalue weighted by Crippen LogP contribution is 2.25. The zero-order valence-corrected chi connectivity index (χ0v) is 13.6. The fourth-order valence-corrected chi connectivity index (χ4v) is 2.20. The van der Waals surface area contributed by atoms with Crippen LogP contribution in [0.25, 0.3) is 11.4 Å². The first-order chi connectivity index (χ1) is 10.4. The van der Waals surface area contributed by atoms with Crippen molar-refractivity contribution in [3.05, 3.63) is 47.8 Å². The van der Waals surface area contributed by atoms with Crippen LogP contribution in [-0.2, 0) is 0 Å². The average Bonchev–Trinajstić information content (AvgIpc) is 2.53. The molecule has 0 aliphatic heterocycles. The molecule has 0 aliphatic rings. The fraction of sp³-hybridized carbons (Fsp3) is 0.444. The molecule has 0 radical (unpaired) electrons. The summed E-state index contributed by atoms with van der Waals surface area (Å²) in [5.74, 6) is 0.203.